The summed E-state index contributed by atoms with van der Waals surface area (Å²) in [6, 6.07) is 4.01. The van der Waals surface area contributed by atoms with Crippen LogP contribution >= 0.6 is 11.6 Å². The van der Waals surface area contributed by atoms with Crippen LogP contribution in [0.3, 0.4) is 0 Å². The molecule has 1 aromatic rings. The van der Waals surface area contributed by atoms with Crippen LogP contribution in [-0.4, -0.2) is 18.1 Å². The number of pyridine rings is 1. The predicted molar refractivity (Wildman–Crippen MR) is 64.6 cm³/mol. The highest BCUT2D eigenvalue weighted by Gasteiger charge is 2.17. The van der Waals surface area contributed by atoms with E-state index >= 15 is 0 Å². The van der Waals surface area contributed by atoms with E-state index in [2.05, 4.69) is 29.8 Å². The van der Waals surface area contributed by atoms with Crippen molar-refractivity contribution in [3.63, 3.8) is 0 Å². The summed E-state index contributed by atoms with van der Waals surface area (Å²) in [6.07, 6.45) is 2.51. The molecule has 2 rings (SSSR count). The van der Waals surface area contributed by atoms with Gasteiger partial charge >= 0.3 is 0 Å². The van der Waals surface area contributed by atoms with E-state index in [4.69, 9.17) is 11.6 Å². The Labute approximate surface area is 96.3 Å². The Morgan fingerprint density at radius 3 is 2.60 bits per heavy atom. The normalized spacial score (nSPS) is 18.2. The van der Waals surface area contributed by atoms with Crippen LogP contribution in [-0.2, 0) is 0 Å². The van der Waals surface area contributed by atoms with Crippen LogP contribution in [0.5, 0.6) is 0 Å². The van der Waals surface area contributed by atoms with Crippen molar-refractivity contribution in [2.75, 3.05) is 18.0 Å². The molecule has 0 N–H and O–H groups in total. The summed E-state index contributed by atoms with van der Waals surface area (Å²) in [6.45, 7) is 6.58. The summed E-state index contributed by atoms with van der Waals surface area (Å²) in [4.78, 5) is 6.71. The summed E-state index contributed by atoms with van der Waals surface area (Å²) in [7, 11) is 0. The third-order valence-corrected chi connectivity index (χ3v) is 3.23. The number of hydrogen-bond acceptors (Lipinski definition) is 2. The van der Waals surface area contributed by atoms with Crippen molar-refractivity contribution in [3.8, 4) is 0 Å². The van der Waals surface area contributed by atoms with E-state index in [1.165, 1.54) is 18.4 Å². The van der Waals surface area contributed by atoms with Gasteiger partial charge in [0.25, 0.3) is 0 Å². The highest BCUT2D eigenvalue weighted by atomic mass is 35.5. The lowest BCUT2D eigenvalue weighted by Gasteiger charge is -2.31. The fraction of sp³-hybridized carbons (Fsp3) is 0.583. The molecule has 0 bridgehead atoms. The highest BCUT2D eigenvalue weighted by molar-refractivity contribution is 6.29. The highest BCUT2D eigenvalue weighted by Crippen LogP contribution is 2.23. The fourth-order valence-corrected chi connectivity index (χ4v) is 2.27. The lowest BCUT2D eigenvalue weighted by Crippen LogP contribution is -2.33. The molecule has 82 valence electrons. The Balaban J connectivity index is 2.15. The standard InChI is InChI=1S/C12H17ClN2/c1-9-3-5-15(6-4-9)12-8-10(2)7-11(13)14-12/h7-9H,3-6H2,1-2H3. The Bertz CT molecular complexity index is 323. The van der Waals surface area contributed by atoms with Gasteiger partial charge in [-0.2, -0.15) is 0 Å². The average molecular weight is 225 g/mol. The molecule has 1 fully saturated rings. The lowest BCUT2D eigenvalue weighted by atomic mass is 9.99. The van der Waals surface area contributed by atoms with E-state index in [0.29, 0.717) is 5.15 Å². The van der Waals surface area contributed by atoms with Gasteiger partial charge in [0, 0.05) is 13.1 Å². The zero-order chi connectivity index (χ0) is 10.8. The van der Waals surface area contributed by atoms with Gasteiger partial charge in [-0.3, -0.25) is 0 Å². The maximum Gasteiger partial charge on any atom is 0.131 e. The first-order valence-corrected chi connectivity index (χ1v) is 5.92. The quantitative estimate of drug-likeness (QED) is 0.681. The largest absolute Gasteiger partial charge is 0.357 e. The number of piperidine rings is 1. The number of hydrogen-bond donors (Lipinski definition) is 0. The van der Waals surface area contributed by atoms with Gasteiger partial charge in [-0.15, -0.1) is 0 Å². The topological polar surface area (TPSA) is 16.1 Å². The Hall–Kier alpha value is -0.760. The zero-order valence-electron chi connectivity index (χ0n) is 9.33. The number of halogens is 1. The molecule has 1 aromatic heterocycles. The molecule has 0 atom stereocenters. The minimum atomic E-state index is 0.601. The van der Waals surface area contributed by atoms with Crippen LogP contribution in [0, 0.1) is 12.8 Å². The smallest absolute Gasteiger partial charge is 0.131 e. The number of rotatable bonds is 1. The molecule has 15 heavy (non-hydrogen) atoms. The first-order valence-electron chi connectivity index (χ1n) is 5.54. The van der Waals surface area contributed by atoms with Crippen LogP contribution in [0.25, 0.3) is 0 Å². The molecular formula is C12H17ClN2. The molecule has 2 nitrogen and oxygen atoms in total. The zero-order valence-corrected chi connectivity index (χ0v) is 10.1. The number of anilines is 1. The fourth-order valence-electron chi connectivity index (χ4n) is 2.01. The van der Waals surface area contributed by atoms with Gasteiger partial charge in [0.1, 0.15) is 11.0 Å². The third-order valence-electron chi connectivity index (χ3n) is 3.03. The van der Waals surface area contributed by atoms with Gasteiger partial charge in [0.15, 0.2) is 0 Å². The van der Waals surface area contributed by atoms with E-state index < -0.39 is 0 Å². The number of aromatic nitrogens is 1. The molecule has 0 aromatic carbocycles. The second kappa shape index (κ2) is 4.40. The first kappa shape index (κ1) is 10.7. The molecule has 0 aliphatic carbocycles. The molecule has 2 heterocycles. The molecular weight excluding hydrogens is 208 g/mol. The Morgan fingerprint density at radius 1 is 1.33 bits per heavy atom. The first-order chi connectivity index (χ1) is 7.15. The van der Waals surface area contributed by atoms with E-state index in [9.17, 15) is 0 Å². The molecule has 0 amide bonds. The molecule has 0 radical (unpaired) electrons. The average Bonchev–Trinajstić information content (AvgIpc) is 2.17. The molecule has 0 unspecified atom stereocenters. The maximum absolute atomic E-state index is 5.96. The molecule has 1 aliphatic rings. The van der Waals surface area contributed by atoms with Gasteiger partial charge in [-0.05, 0) is 43.4 Å². The van der Waals surface area contributed by atoms with E-state index in [1.54, 1.807) is 0 Å². The van der Waals surface area contributed by atoms with Gasteiger partial charge in [0.05, 0.1) is 0 Å². The predicted octanol–water partition coefficient (Wildman–Crippen LogP) is 3.28. The maximum atomic E-state index is 5.96. The van der Waals surface area contributed by atoms with Crippen molar-refractivity contribution >= 4 is 17.4 Å². The van der Waals surface area contributed by atoms with Gasteiger partial charge in [-0.1, -0.05) is 18.5 Å². The number of aryl methyl sites for hydroxylation is 1. The van der Waals surface area contributed by atoms with E-state index in [1.807, 2.05) is 6.07 Å². The van der Waals surface area contributed by atoms with E-state index in [0.717, 1.165) is 24.8 Å². The van der Waals surface area contributed by atoms with Crippen molar-refractivity contribution in [1.82, 2.24) is 4.98 Å². The van der Waals surface area contributed by atoms with Gasteiger partial charge in [0.2, 0.25) is 0 Å². The van der Waals surface area contributed by atoms with Crippen molar-refractivity contribution in [2.24, 2.45) is 5.92 Å². The molecule has 1 aliphatic heterocycles. The minimum absolute atomic E-state index is 0.601. The van der Waals surface area contributed by atoms with Crippen LogP contribution in [0.2, 0.25) is 5.15 Å². The summed E-state index contributed by atoms with van der Waals surface area (Å²) < 4.78 is 0. The Kier molecular flexibility index (Phi) is 3.15. The van der Waals surface area contributed by atoms with Crippen LogP contribution in [0.15, 0.2) is 12.1 Å². The van der Waals surface area contributed by atoms with E-state index in [-0.39, 0.29) is 0 Å². The summed E-state index contributed by atoms with van der Waals surface area (Å²) in [5, 5.41) is 0.601. The van der Waals surface area contributed by atoms with Crippen molar-refractivity contribution < 1.29 is 0 Å². The minimum Gasteiger partial charge on any atom is -0.357 e. The van der Waals surface area contributed by atoms with Crippen LogP contribution < -0.4 is 4.90 Å². The lowest BCUT2D eigenvalue weighted by molar-refractivity contribution is 0.436. The van der Waals surface area contributed by atoms with Gasteiger partial charge < -0.3 is 4.90 Å². The van der Waals surface area contributed by atoms with Gasteiger partial charge in [-0.25, -0.2) is 4.98 Å². The monoisotopic (exact) mass is 224 g/mol. The summed E-state index contributed by atoms with van der Waals surface area (Å²) >= 11 is 5.96. The third kappa shape index (κ3) is 2.63. The number of nitrogens with zero attached hydrogens (tertiary/aromatic N) is 2. The van der Waals surface area contributed by atoms with Crippen LogP contribution in [0.1, 0.15) is 25.3 Å². The second-order valence-corrected chi connectivity index (χ2v) is 4.88. The molecule has 0 spiro atoms. The summed E-state index contributed by atoms with van der Waals surface area (Å²) in [5.74, 6) is 1.88. The van der Waals surface area contributed by atoms with Crippen molar-refractivity contribution in [3.05, 3.63) is 22.8 Å². The molecule has 0 saturated carbocycles. The van der Waals surface area contributed by atoms with Crippen molar-refractivity contribution in [1.29, 1.82) is 0 Å². The summed E-state index contributed by atoms with van der Waals surface area (Å²) in [5.41, 5.74) is 1.18. The molecule has 3 heteroatoms. The molecule has 1 saturated heterocycles. The SMILES string of the molecule is Cc1cc(Cl)nc(N2CCC(C)CC2)c1. The van der Waals surface area contributed by atoms with Crippen molar-refractivity contribution in [2.45, 2.75) is 26.7 Å². The Morgan fingerprint density at radius 2 is 2.00 bits per heavy atom. The van der Waals surface area contributed by atoms with Crippen LogP contribution in [0.4, 0.5) is 5.82 Å². The second-order valence-electron chi connectivity index (χ2n) is 4.49.